The summed E-state index contributed by atoms with van der Waals surface area (Å²) >= 11 is 1.95. The number of nitrogens with one attached hydrogen (secondary N) is 1. The third kappa shape index (κ3) is 6.47. The molecule has 0 aromatic carbocycles. The largest absolute Gasteiger partial charge is 0.479 e. The number of hydrogen-bond donors (Lipinski definition) is 6. The third-order valence-electron chi connectivity index (χ3n) is 3.81. The Balaban J connectivity index is 2.42. The van der Waals surface area contributed by atoms with Crippen molar-refractivity contribution < 1.29 is 34.2 Å². The molecule has 0 aliphatic rings. The van der Waals surface area contributed by atoms with Crippen molar-refractivity contribution >= 4 is 68.0 Å². The number of carbonyl (C=O) groups is 4. The first kappa shape index (κ1) is 25.2. The van der Waals surface area contributed by atoms with E-state index in [1.165, 1.54) is 24.6 Å². The quantitative estimate of drug-likeness (QED) is 0.138. The van der Waals surface area contributed by atoms with Crippen molar-refractivity contribution in [2.45, 2.75) is 25.5 Å². The van der Waals surface area contributed by atoms with Gasteiger partial charge in [-0.05, 0) is 19.9 Å². The minimum Gasteiger partial charge on any atom is -0.479 e. The second-order valence-electron chi connectivity index (χ2n) is 6.72. The smallest absolute Gasteiger partial charge is 0.350 e. The molecule has 0 spiro atoms. The number of carbonyl (C=O) groups excluding carboxylic acids is 2. The van der Waals surface area contributed by atoms with E-state index in [0.29, 0.717) is 0 Å². The molecule has 2 aromatic rings. The van der Waals surface area contributed by atoms with E-state index in [4.69, 9.17) is 22.0 Å². The van der Waals surface area contributed by atoms with E-state index in [2.05, 4.69) is 20.4 Å². The summed E-state index contributed by atoms with van der Waals surface area (Å²) in [6, 6.07) is -1.77. The van der Waals surface area contributed by atoms with Gasteiger partial charge in [0, 0.05) is 10.8 Å². The van der Waals surface area contributed by atoms with Crippen molar-refractivity contribution in [2.75, 3.05) is 11.5 Å². The van der Waals surface area contributed by atoms with Gasteiger partial charge in [-0.1, -0.05) is 5.16 Å². The number of primary amides is 1. The van der Waals surface area contributed by atoms with Crippen molar-refractivity contribution in [1.29, 1.82) is 0 Å². The van der Waals surface area contributed by atoms with E-state index in [1.807, 2.05) is 0 Å². The molecular formula is C17H19N7O7S2. The molecule has 0 saturated heterocycles. The summed E-state index contributed by atoms with van der Waals surface area (Å²) in [5, 5.41) is 27.3. The summed E-state index contributed by atoms with van der Waals surface area (Å²) in [6.45, 7) is 2.37. The van der Waals surface area contributed by atoms with E-state index in [9.17, 15) is 29.4 Å². The number of anilines is 2. The summed E-state index contributed by atoms with van der Waals surface area (Å²) in [7, 11) is 0. The predicted octanol–water partition coefficient (Wildman–Crippen LogP) is -0.514. The maximum atomic E-state index is 12.9. The van der Waals surface area contributed by atoms with Gasteiger partial charge < -0.3 is 37.6 Å². The first-order valence-corrected chi connectivity index (χ1v) is 10.6. The second kappa shape index (κ2) is 10.0. The van der Waals surface area contributed by atoms with Gasteiger partial charge >= 0.3 is 11.9 Å². The number of amides is 2. The Morgan fingerprint density at radius 2 is 1.67 bits per heavy atom. The molecular weight excluding hydrogens is 478 g/mol. The lowest BCUT2D eigenvalue weighted by Crippen LogP contribution is -2.44. The fourth-order valence-electron chi connectivity index (χ4n) is 2.06. The molecule has 2 rings (SSSR count). The van der Waals surface area contributed by atoms with Crippen LogP contribution in [0.3, 0.4) is 0 Å². The lowest BCUT2D eigenvalue weighted by atomic mass is 10.1. The highest BCUT2D eigenvalue weighted by Crippen LogP contribution is 2.20. The molecule has 176 valence electrons. The van der Waals surface area contributed by atoms with Crippen LogP contribution in [0, 0.1) is 0 Å². The van der Waals surface area contributed by atoms with Crippen LogP contribution >= 0.6 is 22.7 Å². The lowest BCUT2D eigenvalue weighted by molar-refractivity contribution is -0.161. The normalized spacial score (nSPS) is 13.3. The highest BCUT2D eigenvalue weighted by Gasteiger charge is 2.32. The third-order valence-corrected chi connectivity index (χ3v) is 5.16. The molecule has 1 unspecified atom stereocenters. The molecule has 0 bridgehead atoms. The van der Waals surface area contributed by atoms with Crippen LogP contribution in [0.15, 0.2) is 22.0 Å². The zero-order chi connectivity index (χ0) is 24.9. The van der Waals surface area contributed by atoms with Crippen LogP contribution in [-0.4, -0.2) is 61.3 Å². The van der Waals surface area contributed by atoms with Gasteiger partial charge in [-0.3, -0.25) is 9.59 Å². The van der Waals surface area contributed by atoms with Crippen LogP contribution in [0.2, 0.25) is 0 Å². The lowest BCUT2D eigenvalue weighted by Gasteiger charge is -2.17. The van der Waals surface area contributed by atoms with Gasteiger partial charge in [0.2, 0.25) is 5.60 Å². The first-order valence-electron chi connectivity index (χ1n) is 8.79. The molecule has 0 aliphatic heterocycles. The molecule has 2 heterocycles. The number of rotatable bonds is 10. The summed E-state index contributed by atoms with van der Waals surface area (Å²) in [5.74, 6) is -5.03. The van der Waals surface area contributed by atoms with Gasteiger partial charge in [-0.15, -0.1) is 22.7 Å². The predicted molar refractivity (Wildman–Crippen MR) is 119 cm³/mol. The molecule has 2 aromatic heterocycles. The van der Waals surface area contributed by atoms with Crippen LogP contribution in [0.1, 0.15) is 25.2 Å². The van der Waals surface area contributed by atoms with Gasteiger partial charge in [-0.2, -0.15) is 0 Å². The number of nitrogens with zero attached hydrogens (tertiary/aromatic N) is 3. The van der Waals surface area contributed by atoms with E-state index in [1.54, 1.807) is 0 Å². The van der Waals surface area contributed by atoms with Crippen LogP contribution in [-0.2, 0) is 24.0 Å². The van der Waals surface area contributed by atoms with Crippen molar-refractivity contribution in [1.82, 2.24) is 15.3 Å². The molecule has 14 nitrogen and oxygen atoms in total. The molecule has 0 fully saturated rings. The van der Waals surface area contributed by atoms with Gasteiger partial charge in [0.15, 0.2) is 16.0 Å². The minimum atomic E-state index is -1.82. The molecule has 33 heavy (non-hydrogen) atoms. The van der Waals surface area contributed by atoms with Crippen molar-refractivity contribution in [2.24, 2.45) is 10.9 Å². The highest BCUT2D eigenvalue weighted by atomic mass is 32.1. The number of hydrogen-bond acceptors (Lipinski definition) is 12. The fraction of sp³-hybridized carbons (Fsp3) is 0.235. The molecule has 0 radical (unpaired) electrons. The van der Waals surface area contributed by atoms with Crippen LogP contribution < -0.4 is 22.5 Å². The van der Waals surface area contributed by atoms with Crippen LogP contribution in [0.25, 0.3) is 5.57 Å². The van der Waals surface area contributed by atoms with Gasteiger partial charge in [0.25, 0.3) is 11.8 Å². The SMILES string of the molecule is CC(C)(ON=C(C(=O)NC(C=C(C(N)=O)c1csc(N)n1)C(=O)O)c1csc(N)n1)C(=O)O. The Bertz CT molecular complexity index is 1150. The minimum absolute atomic E-state index is 0.0261. The maximum Gasteiger partial charge on any atom is 0.350 e. The standard InChI is InChI=1S/C17H19N7O7S2/c1-17(2,14(29)30)31-24-10(9-5-33-16(20)23-9)12(26)21-7(13(27)28)3-6(11(18)25)8-4-32-15(19)22-8/h3-5,7H,1-2H3,(H2,18,25)(H2,19,22)(H2,20,23)(H,21,26)(H,27,28)(H,29,30). The number of oxime groups is 1. The Kier molecular flexibility index (Phi) is 7.68. The molecule has 1 atom stereocenters. The number of carboxylic acid groups (broad SMARTS) is 2. The summed E-state index contributed by atoms with van der Waals surface area (Å²) in [4.78, 5) is 60.5. The number of nitrogens with two attached hydrogens (primary N) is 3. The number of aliphatic carboxylic acids is 2. The van der Waals surface area contributed by atoms with E-state index in [0.717, 1.165) is 28.7 Å². The van der Waals surface area contributed by atoms with Crippen molar-refractivity contribution in [3.8, 4) is 0 Å². The summed E-state index contributed by atoms with van der Waals surface area (Å²) < 4.78 is 0. The number of thiazole rings is 2. The molecule has 0 aliphatic carbocycles. The van der Waals surface area contributed by atoms with Crippen molar-refractivity contribution in [3.63, 3.8) is 0 Å². The fourth-order valence-corrected chi connectivity index (χ4v) is 3.17. The zero-order valence-electron chi connectivity index (χ0n) is 17.1. The van der Waals surface area contributed by atoms with Gasteiger partial charge in [0.05, 0.1) is 11.3 Å². The number of aromatic nitrogens is 2. The van der Waals surface area contributed by atoms with E-state index >= 15 is 0 Å². The molecule has 0 saturated carbocycles. The maximum absolute atomic E-state index is 12.9. The first-order chi connectivity index (χ1) is 15.3. The van der Waals surface area contributed by atoms with E-state index in [-0.39, 0.29) is 27.2 Å². The number of nitrogen functional groups attached to an aromatic ring is 2. The van der Waals surface area contributed by atoms with Gasteiger partial charge in [0.1, 0.15) is 11.7 Å². The highest BCUT2D eigenvalue weighted by molar-refractivity contribution is 7.14. The monoisotopic (exact) mass is 497 g/mol. The summed E-state index contributed by atoms with van der Waals surface area (Å²) in [5.41, 5.74) is 13.7. The molecule has 9 N–H and O–H groups in total. The average molecular weight is 498 g/mol. The zero-order valence-corrected chi connectivity index (χ0v) is 18.8. The Labute approximate surface area is 193 Å². The van der Waals surface area contributed by atoms with E-state index < -0.39 is 41.1 Å². The average Bonchev–Trinajstić information content (AvgIpc) is 3.32. The Hall–Kier alpha value is -4.05. The second-order valence-corrected chi connectivity index (χ2v) is 8.50. The Morgan fingerprint density at radius 3 is 2.09 bits per heavy atom. The topological polar surface area (TPSA) is 246 Å². The van der Waals surface area contributed by atoms with Crippen molar-refractivity contribution in [3.05, 3.63) is 28.2 Å². The summed E-state index contributed by atoms with van der Waals surface area (Å²) in [6.07, 6.45) is 0.881. The number of carboxylic acids is 2. The molecule has 2 amide bonds. The van der Waals surface area contributed by atoms with Gasteiger partial charge in [-0.25, -0.2) is 19.6 Å². The molecule has 16 heteroatoms. The van der Waals surface area contributed by atoms with Crippen LogP contribution in [0.4, 0.5) is 10.3 Å². The Morgan fingerprint density at radius 1 is 1.12 bits per heavy atom. The van der Waals surface area contributed by atoms with Crippen LogP contribution in [0.5, 0.6) is 0 Å².